The molecule has 11 heteroatoms. The summed E-state index contributed by atoms with van der Waals surface area (Å²) in [7, 11) is -11.6. The molecule has 0 aliphatic rings. The van der Waals surface area contributed by atoms with Crippen LogP contribution in [-0.4, -0.2) is 37.5 Å². The first kappa shape index (κ1) is 26.4. The molecule has 0 fully saturated rings. The van der Waals surface area contributed by atoms with Crippen molar-refractivity contribution in [3.05, 3.63) is 96.6 Å². The van der Waals surface area contributed by atoms with Gasteiger partial charge in [0.1, 0.15) is 11.5 Å². The maximum absolute atomic E-state index is 13.5. The normalized spacial score (nSPS) is 12.3. The first-order chi connectivity index (χ1) is 17.4. The van der Waals surface area contributed by atoms with Crippen LogP contribution in [0.25, 0.3) is 0 Å². The molecule has 8 nitrogen and oxygen atoms in total. The molecule has 0 saturated heterocycles. The molecule has 0 bridgehead atoms. The van der Waals surface area contributed by atoms with E-state index in [0.29, 0.717) is 5.75 Å². The Kier molecular flexibility index (Phi) is 6.89. The maximum atomic E-state index is 13.5. The number of hydrogen-bond donors (Lipinski definition) is 1. The largest absolute Gasteiger partial charge is 0.508 e. The van der Waals surface area contributed by atoms with Crippen molar-refractivity contribution in [2.24, 2.45) is 0 Å². The second kappa shape index (κ2) is 9.66. The van der Waals surface area contributed by atoms with Crippen LogP contribution in [0.15, 0.2) is 120 Å². The molecule has 192 valence electrons. The molecule has 0 heterocycles. The molecule has 0 aromatic heterocycles. The van der Waals surface area contributed by atoms with E-state index in [0.717, 1.165) is 48.0 Å². The molecule has 0 aliphatic heterocycles. The number of phenolic OH excluding ortho intramolecular Hbond substituents is 1. The SMILES string of the molecule is COc1ccc(S(=O)(=O)c2cc(S(=O)(=O)c3ccc(C)cc3)cc(S(=O)(=O)c3ccc(O)cc3)c2)cc1. The second-order valence-electron chi connectivity index (χ2n) is 8.13. The minimum Gasteiger partial charge on any atom is -0.508 e. The average Bonchev–Trinajstić information content (AvgIpc) is 2.89. The number of methoxy groups -OCH3 is 1. The number of hydrogen-bond acceptors (Lipinski definition) is 8. The summed E-state index contributed by atoms with van der Waals surface area (Å²) in [6.07, 6.45) is 0. The second-order valence-corrected chi connectivity index (χ2v) is 14.0. The Bertz CT molecular complexity index is 1680. The van der Waals surface area contributed by atoms with E-state index in [1.165, 1.54) is 43.5 Å². The van der Waals surface area contributed by atoms with Crippen LogP contribution in [0.5, 0.6) is 11.5 Å². The van der Waals surface area contributed by atoms with Crippen molar-refractivity contribution < 1.29 is 35.1 Å². The summed E-state index contributed by atoms with van der Waals surface area (Å²) >= 11 is 0. The van der Waals surface area contributed by atoms with Gasteiger partial charge in [-0.1, -0.05) is 17.7 Å². The fourth-order valence-electron chi connectivity index (χ4n) is 3.52. The van der Waals surface area contributed by atoms with Gasteiger partial charge in [-0.3, -0.25) is 0 Å². The Labute approximate surface area is 215 Å². The van der Waals surface area contributed by atoms with E-state index >= 15 is 0 Å². The fraction of sp³-hybridized carbons (Fsp3) is 0.0769. The molecule has 0 unspecified atom stereocenters. The van der Waals surface area contributed by atoms with E-state index in [9.17, 15) is 30.4 Å². The summed E-state index contributed by atoms with van der Waals surface area (Å²) in [5.41, 5.74) is 0.811. The molecular weight excluding hydrogens is 536 g/mol. The lowest BCUT2D eigenvalue weighted by molar-refractivity contribution is 0.414. The monoisotopic (exact) mass is 558 g/mol. The standard InChI is InChI=1S/C26H22O8S3/c1-18-3-9-21(10-4-18)35(28,29)24-15-25(36(30,31)22-11-5-19(27)6-12-22)17-26(16-24)37(32,33)23-13-7-20(34-2)8-14-23/h3-17,27H,1-2H3. The molecule has 0 atom stereocenters. The molecule has 0 spiro atoms. The van der Waals surface area contributed by atoms with Crippen LogP contribution >= 0.6 is 0 Å². The summed E-state index contributed by atoms with van der Waals surface area (Å²) < 4.78 is 85.8. The van der Waals surface area contributed by atoms with Crippen molar-refractivity contribution in [3.8, 4) is 11.5 Å². The zero-order chi connectivity index (χ0) is 27.0. The third-order valence-corrected chi connectivity index (χ3v) is 10.9. The smallest absolute Gasteiger partial charge is 0.206 e. The first-order valence-corrected chi connectivity index (χ1v) is 15.2. The van der Waals surface area contributed by atoms with Gasteiger partial charge < -0.3 is 9.84 Å². The van der Waals surface area contributed by atoms with Gasteiger partial charge in [-0.2, -0.15) is 0 Å². The van der Waals surface area contributed by atoms with E-state index < -0.39 is 44.2 Å². The van der Waals surface area contributed by atoms with Crippen molar-refractivity contribution in [3.63, 3.8) is 0 Å². The summed E-state index contributed by atoms with van der Waals surface area (Å²) in [4.78, 5) is -2.08. The highest BCUT2D eigenvalue weighted by molar-refractivity contribution is 7.93. The van der Waals surface area contributed by atoms with Gasteiger partial charge in [0.15, 0.2) is 0 Å². The van der Waals surface area contributed by atoms with Gasteiger partial charge in [0.2, 0.25) is 29.5 Å². The Hall–Kier alpha value is -3.67. The van der Waals surface area contributed by atoms with Gasteiger partial charge in [0.05, 0.1) is 36.5 Å². The molecule has 0 radical (unpaired) electrons. The van der Waals surface area contributed by atoms with Gasteiger partial charge in [0, 0.05) is 0 Å². The van der Waals surface area contributed by atoms with E-state index in [-0.39, 0.29) is 20.4 Å². The number of phenols is 1. The van der Waals surface area contributed by atoms with Crippen molar-refractivity contribution in [1.82, 2.24) is 0 Å². The number of aryl methyl sites for hydroxylation is 1. The lowest BCUT2D eigenvalue weighted by Gasteiger charge is -2.13. The molecule has 4 rings (SSSR count). The topological polar surface area (TPSA) is 132 Å². The minimum atomic E-state index is -4.36. The predicted octanol–water partition coefficient (Wildman–Crippen LogP) is 4.21. The van der Waals surface area contributed by atoms with Gasteiger partial charge in [-0.25, -0.2) is 25.3 Å². The molecule has 1 N–H and O–H groups in total. The molecule has 0 saturated carbocycles. The van der Waals surface area contributed by atoms with Crippen molar-refractivity contribution >= 4 is 29.5 Å². The van der Waals surface area contributed by atoms with Crippen molar-refractivity contribution in [2.45, 2.75) is 36.3 Å². The number of rotatable bonds is 7. The van der Waals surface area contributed by atoms with E-state index in [2.05, 4.69) is 0 Å². The van der Waals surface area contributed by atoms with Crippen LogP contribution in [-0.2, 0) is 29.5 Å². The summed E-state index contributed by atoms with van der Waals surface area (Å²) in [6.45, 7) is 1.78. The van der Waals surface area contributed by atoms with Crippen LogP contribution in [0.2, 0.25) is 0 Å². The van der Waals surface area contributed by atoms with Crippen LogP contribution < -0.4 is 4.74 Å². The van der Waals surface area contributed by atoms with Crippen molar-refractivity contribution in [2.75, 3.05) is 7.11 Å². The Balaban J connectivity index is 1.98. The average molecular weight is 559 g/mol. The Morgan fingerprint density at radius 1 is 0.514 bits per heavy atom. The summed E-state index contributed by atoms with van der Waals surface area (Å²) in [6, 6.07) is 18.7. The highest BCUT2D eigenvalue weighted by Gasteiger charge is 2.28. The Morgan fingerprint density at radius 2 is 0.838 bits per heavy atom. The zero-order valence-electron chi connectivity index (χ0n) is 19.7. The lowest BCUT2D eigenvalue weighted by atomic mass is 10.2. The zero-order valence-corrected chi connectivity index (χ0v) is 22.1. The van der Waals surface area contributed by atoms with Crippen LogP contribution in [0.3, 0.4) is 0 Å². The third-order valence-electron chi connectivity index (χ3n) is 5.63. The van der Waals surface area contributed by atoms with E-state index in [1.807, 2.05) is 0 Å². The summed E-state index contributed by atoms with van der Waals surface area (Å²) in [5.74, 6) is 0.239. The number of sulfone groups is 3. The predicted molar refractivity (Wildman–Crippen MR) is 135 cm³/mol. The van der Waals surface area contributed by atoms with E-state index in [1.54, 1.807) is 19.1 Å². The molecule has 4 aromatic carbocycles. The fourth-order valence-corrected chi connectivity index (χ4v) is 7.73. The molecule has 0 amide bonds. The van der Waals surface area contributed by atoms with Crippen molar-refractivity contribution in [1.29, 1.82) is 0 Å². The van der Waals surface area contributed by atoms with Gasteiger partial charge in [-0.15, -0.1) is 0 Å². The molecule has 37 heavy (non-hydrogen) atoms. The minimum absolute atomic E-state index is 0.120. The number of aromatic hydroxyl groups is 1. The van der Waals surface area contributed by atoms with Crippen LogP contribution in [0, 0.1) is 6.92 Å². The molecule has 4 aromatic rings. The number of ether oxygens (including phenoxy) is 1. The molecular formula is C26H22O8S3. The summed E-state index contributed by atoms with van der Waals surface area (Å²) in [5, 5.41) is 9.54. The maximum Gasteiger partial charge on any atom is 0.206 e. The highest BCUT2D eigenvalue weighted by atomic mass is 32.2. The number of benzene rings is 4. The quantitative estimate of drug-likeness (QED) is 0.357. The van der Waals surface area contributed by atoms with Gasteiger partial charge >= 0.3 is 0 Å². The van der Waals surface area contributed by atoms with Gasteiger partial charge in [-0.05, 0) is 85.8 Å². The van der Waals surface area contributed by atoms with E-state index in [4.69, 9.17) is 4.74 Å². The van der Waals surface area contributed by atoms with Crippen LogP contribution in [0.4, 0.5) is 0 Å². The Morgan fingerprint density at radius 3 is 1.19 bits per heavy atom. The van der Waals surface area contributed by atoms with Gasteiger partial charge in [0.25, 0.3) is 0 Å². The lowest BCUT2D eigenvalue weighted by Crippen LogP contribution is -2.10. The molecule has 0 aliphatic carbocycles. The third kappa shape index (κ3) is 5.10. The first-order valence-electron chi connectivity index (χ1n) is 10.8. The van der Waals surface area contributed by atoms with Crippen LogP contribution in [0.1, 0.15) is 5.56 Å². The highest BCUT2D eigenvalue weighted by Crippen LogP contribution is 2.33.